The maximum Gasteiger partial charge on any atom is 0.264 e. The lowest BCUT2D eigenvalue weighted by molar-refractivity contribution is -0.120. The number of amides is 1. The van der Waals surface area contributed by atoms with Gasteiger partial charge in [-0.2, -0.15) is 5.26 Å². The zero-order valence-electron chi connectivity index (χ0n) is 16.6. The van der Waals surface area contributed by atoms with Crippen molar-refractivity contribution in [2.45, 2.75) is 27.2 Å². The molecular formula is C22H24N2O4. The fraction of sp³-hybridized carbons (Fsp3) is 0.318. The van der Waals surface area contributed by atoms with E-state index in [-0.39, 0.29) is 31.3 Å². The summed E-state index contributed by atoms with van der Waals surface area (Å²) in [7, 11) is 1.47. The Balaban J connectivity index is 2.18. The normalized spacial score (nSPS) is 10.1. The van der Waals surface area contributed by atoms with Gasteiger partial charge in [0.25, 0.3) is 5.91 Å². The van der Waals surface area contributed by atoms with E-state index in [0.29, 0.717) is 17.1 Å². The van der Waals surface area contributed by atoms with E-state index >= 15 is 0 Å². The quantitative estimate of drug-likeness (QED) is 0.650. The first kappa shape index (κ1) is 21.0. The zero-order valence-corrected chi connectivity index (χ0v) is 16.6. The fourth-order valence-corrected chi connectivity index (χ4v) is 2.68. The summed E-state index contributed by atoms with van der Waals surface area (Å²) in [4.78, 5) is 25.8. The number of hydrogen-bond donors (Lipinski definition) is 0. The topological polar surface area (TPSA) is 79.6 Å². The lowest BCUT2D eigenvalue weighted by atomic mass is 10.1. The number of ketones is 1. The highest BCUT2D eigenvalue weighted by molar-refractivity contribution is 5.95. The maximum absolute atomic E-state index is 12.8. The number of Topliss-reactive ketones (excluding diaryl/α,β-unsaturated/α-hetero) is 1. The minimum Gasteiger partial charge on any atom is -0.493 e. The summed E-state index contributed by atoms with van der Waals surface area (Å²) in [6, 6.07) is 12.6. The van der Waals surface area contributed by atoms with Crippen LogP contribution in [0.1, 0.15) is 34.8 Å². The standard InChI is InChI=1S/C22H24N2O4/c1-15-6-8-19(12-16(15)2)24(11-5-10-23)22(26)14-28-20-9-7-18(17(3)25)13-21(20)27-4/h6-9,12-13H,5,11,14H2,1-4H3. The van der Waals surface area contributed by atoms with Crippen LogP contribution in [0.15, 0.2) is 36.4 Å². The molecule has 0 aromatic heterocycles. The minimum absolute atomic E-state index is 0.0849. The van der Waals surface area contributed by atoms with Crippen LogP contribution in [0.4, 0.5) is 5.69 Å². The third-order valence-corrected chi connectivity index (χ3v) is 4.47. The van der Waals surface area contributed by atoms with Crippen molar-refractivity contribution in [2.75, 3.05) is 25.2 Å². The molecule has 0 radical (unpaired) electrons. The van der Waals surface area contributed by atoms with Gasteiger partial charge in [0.05, 0.1) is 19.6 Å². The van der Waals surface area contributed by atoms with Gasteiger partial charge in [-0.05, 0) is 62.2 Å². The van der Waals surface area contributed by atoms with Gasteiger partial charge < -0.3 is 14.4 Å². The second-order valence-electron chi connectivity index (χ2n) is 6.43. The lowest BCUT2D eigenvalue weighted by Gasteiger charge is -2.23. The molecule has 0 saturated heterocycles. The lowest BCUT2D eigenvalue weighted by Crippen LogP contribution is -2.35. The average Bonchev–Trinajstić information content (AvgIpc) is 2.68. The molecule has 0 aliphatic carbocycles. The molecule has 0 spiro atoms. The van der Waals surface area contributed by atoms with Gasteiger partial charge in [0.15, 0.2) is 23.9 Å². The third-order valence-electron chi connectivity index (χ3n) is 4.47. The number of carbonyl (C=O) groups is 2. The van der Waals surface area contributed by atoms with Crippen molar-refractivity contribution in [3.63, 3.8) is 0 Å². The molecule has 2 aromatic carbocycles. The second kappa shape index (κ2) is 9.56. The van der Waals surface area contributed by atoms with Gasteiger partial charge in [0, 0.05) is 17.8 Å². The SMILES string of the molecule is COc1cc(C(C)=O)ccc1OCC(=O)N(CCC#N)c1ccc(C)c(C)c1. The summed E-state index contributed by atoms with van der Waals surface area (Å²) in [6.07, 6.45) is 0.218. The molecule has 0 bridgehead atoms. The van der Waals surface area contributed by atoms with Gasteiger partial charge in [-0.1, -0.05) is 6.07 Å². The van der Waals surface area contributed by atoms with Crippen molar-refractivity contribution >= 4 is 17.4 Å². The Kier molecular flexibility index (Phi) is 7.16. The molecule has 28 heavy (non-hydrogen) atoms. The molecule has 0 N–H and O–H groups in total. The number of benzene rings is 2. The average molecular weight is 380 g/mol. The molecule has 0 atom stereocenters. The Labute approximate surface area is 165 Å². The first-order chi connectivity index (χ1) is 13.4. The second-order valence-corrected chi connectivity index (χ2v) is 6.43. The minimum atomic E-state index is -0.267. The van der Waals surface area contributed by atoms with Crippen molar-refractivity contribution < 1.29 is 19.1 Å². The van der Waals surface area contributed by atoms with E-state index in [4.69, 9.17) is 14.7 Å². The van der Waals surface area contributed by atoms with Crippen molar-refractivity contribution in [3.05, 3.63) is 53.1 Å². The van der Waals surface area contributed by atoms with Gasteiger partial charge in [0.1, 0.15) is 0 Å². The van der Waals surface area contributed by atoms with Gasteiger partial charge >= 0.3 is 0 Å². The third kappa shape index (κ3) is 5.10. The van der Waals surface area contributed by atoms with Crippen LogP contribution < -0.4 is 14.4 Å². The highest BCUT2D eigenvalue weighted by Gasteiger charge is 2.18. The number of anilines is 1. The van der Waals surface area contributed by atoms with Crippen molar-refractivity contribution in [3.8, 4) is 17.6 Å². The molecule has 146 valence electrons. The number of nitriles is 1. The Morgan fingerprint density at radius 3 is 2.43 bits per heavy atom. The summed E-state index contributed by atoms with van der Waals surface area (Å²) >= 11 is 0. The predicted octanol–water partition coefficient (Wildman–Crippen LogP) is 3.84. The maximum atomic E-state index is 12.8. The zero-order chi connectivity index (χ0) is 20.7. The van der Waals surface area contributed by atoms with E-state index < -0.39 is 0 Å². The highest BCUT2D eigenvalue weighted by atomic mass is 16.5. The number of methoxy groups -OCH3 is 1. The number of ether oxygens (including phenoxy) is 2. The number of carbonyl (C=O) groups excluding carboxylic acids is 2. The molecular weight excluding hydrogens is 356 g/mol. The molecule has 6 nitrogen and oxygen atoms in total. The number of rotatable bonds is 8. The van der Waals surface area contributed by atoms with Crippen molar-refractivity contribution in [2.24, 2.45) is 0 Å². The monoisotopic (exact) mass is 380 g/mol. The number of hydrogen-bond acceptors (Lipinski definition) is 5. The molecule has 0 aliphatic rings. The summed E-state index contributed by atoms with van der Waals surface area (Å²) in [5.74, 6) is 0.408. The smallest absolute Gasteiger partial charge is 0.264 e. The Morgan fingerprint density at radius 2 is 1.82 bits per heavy atom. The van der Waals surface area contributed by atoms with E-state index in [0.717, 1.165) is 16.8 Å². The molecule has 0 fully saturated rings. The summed E-state index contributed by atoms with van der Waals surface area (Å²) in [5.41, 5.74) is 3.42. The highest BCUT2D eigenvalue weighted by Crippen LogP contribution is 2.28. The number of nitrogens with zero attached hydrogens (tertiary/aromatic N) is 2. The van der Waals surface area contributed by atoms with Crippen LogP contribution in [0.2, 0.25) is 0 Å². The van der Waals surface area contributed by atoms with Crippen LogP contribution in [0.3, 0.4) is 0 Å². The van der Waals surface area contributed by atoms with Gasteiger partial charge in [-0.15, -0.1) is 0 Å². The fourth-order valence-electron chi connectivity index (χ4n) is 2.68. The van der Waals surface area contributed by atoms with Gasteiger partial charge in [-0.3, -0.25) is 9.59 Å². The van der Waals surface area contributed by atoms with Gasteiger partial charge in [0.2, 0.25) is 0 Å². The van der Waals surface area contributed by atoms with E-state index in [1.54, 1.807) is 23.1 Å². The van der Waals surface area contributed by atoms with Crippen LogP contribution in [-0.4, -0.2) is 32.0 Å². The molecule has 0 unspecified atom stereocenters. The van der Waals surface area contributed by atoms with E-state index in [2.05, 4.69) is 6.07 Å². The van der Waals surface area contributed by atoms with E-state index in [9.17, 15) is 9.59 Å². The summed E-state index contributed by atoms with van der Waals surface area (Å²) in [5, 5.41) is 8.93. The Morgan fingerprint density at radius 1 is 1.07 bits per heavy atom. The van der Waals surface area contributed by atoms with Crippen LogP contribution in [0.25, 0.3) is 0 Å². The molecule has 2 rings (SSSR count). The summed E-state index contributed by atoms with van der Waals surface area (Å²) < 4.78 is 10.9. The first-order valence-electron chi connectivity index (χ1n) is 8.93. The van der Waals surface area contributed by atoms with Crippen LogP contribution >= 0.6 is 0 Å². The Hall–Kier alpha value is -3.33. The largest absolute Gasteiger partial charge is 0.493 e. The molecule has 6 heteroatoms. The van der Waals surface area contributed by atoms with Crippen LogP contribution in [-0.2, 0) is 4.79 Å². The summed E-state index contributed by atoms with van der Waals surface area (Å²) in [6.45, 7) is 5.51. The van der Waals surface area contributed by atoms with Crippen LogP contribution in [0, 0.1) is 25.2 Å². The predicted molar refractivity (Wildman–Crippen MR) is 107 cm³/mol. The first-order valence-corrected chi connectivity index (χ1v) is 8.93. The van der Waals surface area contributed by atoms with Crippen LogP contribution in [0.5, 0.6) is 11.5 Å². The molecule has 0 aliphatic heterocycles. The molecule has 0 saturated carbocycles. The van der Waals surface area contributed by atoms with Crippen molar-refractivity contribution in [1.29, 1.82) is 5.26 Å². The molecule has 1 amide bonds. The van der Waals surface area contributed by atoms with Gasteiger partial charge in [-0.25, -0.2) is 0 Å². The van der Waals surface area contributed by atoms with Crippen molar-refractivity contribution in [1.82, 2.24) is 0 Å². The molecule has 0 heterocycles. The van der Waals surface area contributed by atoms with E-state index in [1.165, 1.54) is 14.0 Å². The molecule has 2 aromatic rings. The Bertz CT molecular complexity index is 915. The van der Waals surface area contributed by atoms with E-state index in [1.807, 2.05) is 32.0 Å². The number of aryl methyl sites for hydroxylation is 2.